The van der Waals surface area contributed by atoms with Crippen molar-refractivity contribution in [1.82, 2.24) is 4.90 Å². The summed E-state index contributed by atoms with van der Waals surface area (Å²) >= 11 is 0. The number of ketones is 1. The molecule has 1 rings (SSSR count). The minimum atomic E-state index is -1.20. The molecule has 0 aromatic carbocycles. The van der Waals surface area contributed by atoms with Gasteiger partial charge < -0.3 is 9.84 Å². The first-order chi connectivity index (χ1) is 6.56. The smallest absolute Gasteiger partial charge is 0.408 e. The van der Waals surface area contributed by atoms with Gasteiger partial charge >= 0.3 is 12.1 Å². The van der Waals surface area contributed by atoms with Gasteiger partial charge in [-0.05, 0) is 0 Å². The van der Waals surface area contributed by atoms with Crippen LogP contribution in [0.25, 0.3) is 0 Å². The number of carbonyl (C=O) groups is 3. The highest BCUT2D eigenvalue weighted by Crippen LogP contribution is 2.15. The van der Waals surface area contributed by atoms with Gasteiger partial charge in [0.15, 0.2) is 0 Å². The van der Waals surface area contributed by atoms with Crippen LogP contribution < -0.4 is 0 Å². The Labute approximate surface area is 80.4 Å². The number of ether oxygens (including phenoxy) is 1. The summed E-state index contributed by atoms with van der Waals surface area (Å²) in [5.74, 6) is -0.793. The maximum Gasteiger partial charge on any atom is 0.408 e. The van der Waals surface area contributed by atoms with Crippen LogP contribution in [0.5, 0.6) is 0 Å². The van der Waals surface area contributed by atoms with Crippen LogP contribution in [0.1, 0.15) is 12.8 Å². The molecule has 0 bridgehead atoms. The van der Waals surface area contributed by atoms with E-state index < -0.39 is 18.1 Å². The van der Waals surface area contributed by atoms with Crippen molar-refractivity contribution in [2.24, 2.45) is 0 Å². The normalized spacial score (nSPS) is 21.9. The number of esters is 1. The van der Waals surface area contributed by atoms with Gasteiger partial charge in [0.2, 0.25) is 0 Å². The number of piperidine rings is 1. The zero-order chi connectivity index (χ0) is 10.7. The molecule has 1 atom stereocenters. The summed E-state index contributed by atoms with van der Waals surface area (Å²) in [5.41, 5.74) is 0. The lowest BCUT2D eigenvalue weighted by molar-refractivity contribution is -0.149. The van der Waals surface area contributed by atoms with Crippen LogP contribution in [0.2, 0.25) is 0 Å². The largest absolute Gasteiger partial charge is 0.467 e. The second kappa shape index (κ2) is 4.08. The Morgan fingerprint density at radius 3 is 2.71 bits per heavy atom. The molecule has 1 N–H and O–H groups in total. The Morgan fingerprint density at radius 1 is 1.57 bits per heavy atom. The molecule has 0 saturated carbocycles. The molecule has 0 aliphatic carbocycles. The maximum absolute atomic E-state index is 11.1. The van der Waals surface area contributed by atoms with Gasteiger partial charge in [-0.2, -0.15) is 0 Å². The fourth-order valence-electron chi connectivity index (χ4n) is 1.40. The Bertz CT molecular complexity index is 275. The van der Waals surface area contributed by atoms with Gasteiger partial charge in [0.05, 0.1) is 7.11 Å². The van der Waals surface area contributed by atoms with Gasteiger partial charge in [0.1, 0.15) is 11.8 Å². The highest BCUT2D eigenvalue weighted by atomic mass is 16.5. The van der Waals surface area contributed by atoms with Gasteiger partial charge in [-0.15, -0.1) is 0 Å². The number of amides is 1. The van der Waals surface area contributed by atoms with Crippen LogP contribution in [0, 0.1) is 0 Å². The van der Waals surface area contributed by atoms with Crippen LogP contribution >= 0.6 is 0 Å². The molecule has 1 fully saturated rings. The van der Waals surface area contributed by atoms with E-state index in [1.807, 2.05) is 0 Å². The van der Waals surface area contributed by atoms with Crippen molar-refractivity contribution in [3.63, 3.8) is 0 Å². The number of carboxylic acid groups (broad SMARTS) is 1. The molecule has 78 valence electrons. The molecule has 1 aliphatic heterocycles. The molecule has 0 aromatic heterocycles. The van der Waals surface area contributed by atoms with Crippen molar-refractivity contribution in [2.75, 3.05) is 13.7 Å². The average molecular weight is 201 g/mol. The molecule has 6 heteroatoms. The van der Waals surface area contributed by atoms with E-state index in [1.165, 1.54) is 7.11 Å². The Morgan fingerprint density at radius 2 is 2.21 bits per heavy atom. The molecule has 1 heterocycles. The predicted octanol–water partition coefficient (Wildman–Crippen LogP) is -0.129. The lowest BCUT2D eigenvalue weighted by Crippen LogP contribution is -2.50. The second-order valence-corrected chi connectivity index (χ2v) is 3.01. The van der Waals surface area contributed by atoms with E-state index in [9.17, 15) is 14.4 Å². The van der Waals surface area contributed by atoms with Crippen molar-refractivity contribution in [1.29, 1.82) is 0 Å². The summed E-state index contributed by atoms with van der Waals surface area (Å²) in [6, 6.07) is -0.973. The third kappa shape index (κ3) is 2.01. The minimum absolute atomic E-state index is 0.0634. The molecule has 0 unspecified atom stereocenters. The van der Waals surface area contributed by atoms with Crippen molar-refractivity contribution >= 4 is 17.8 Å². The summed E-state index contributed by atoms with van der Waals surface area (Å²) < 4.78 is 4.42. The molecular formula is C8H11NO5. The Hall–Kier alpha value is -1.59. The molecular weight excluding hydrogens is 190 g/mol. The molecule has 0 aromatic rings. The first-order valence-corrected chi connectivity index (χ1v) is 4.15. The van der Waals surface area contributed by atoms with Gasteiger partial charge in [-0.25, -0.2) is 9.59 Å². The van der Waals surface area contributed by atoms with Gasteiger partial charge in [0, 0.05) is 19.4 Å². The van der Waals surface area contributed by atoms with Crippen molar-refractivity contribution < 1.29 is 24.2 Å². The first-order valence-electron chi connectivity index (χ1n) is 4.15. The van der Waals surface area contributed by atoms with E-state index >= 15 is 0 Å². The fourth-order valence-corrected chi connectivity index (χ4v) is 1.40. The third-order valence-electron chi connectivity index (χ3n) is 2.15. The summed E-state index contributed by atoms with van der Waals surface area (Å²) in [6.07, 6.45) is -1.12. The van der Waals surface area contributed by atoms with Crippen LogP contribution in [-0.4, -0.2) is 47.5 Å². The van der Waals surface area contributed by atoms with E-state index in [0.717, 1.165) is 4.90 Å². The fraction of sp³-hybridized carbons (Fsp3) is 0.625. The molecule has 1 aliphatic rings. The van der Waals surface area contributed by atoms with Crippen LogP contribution in [0.3, 0.4) is 0 Å². The van der Waals surface area contributed by atoms with Crippen LogP contribution in [0.4, 0.5) is 4.79 Å². The zero-order valence-corrected chi connectivity index (χ0v) is 7.73. The average Bonchev–Trinajstić information content (AvgIpc) is 2.16. The van der Waals surface area contributed by atoms with Gasteiger partial charge in [-0.3, -0.25) is 9.69 Å². The van der Waals surface area contributed by atoms with Crippen molar-refractivity contribution in [3.05, 3.63) is 0 Å². The third-order valence-corrected chi connectivity index (χ3v) is 2.15. The van der Waals surface area contributed by atoms with E-state index in [4.69, 9.17) is 5.11 Å². The van der Waals surface area contributed by atoms with E-state index in [1.54, 1.807) is 0 Å². The maximum atomic E-state index is 11.1. The molecule has 1 saturated heterocycles. The Kier molecular flexibility index (Phi) is 3.06. The SMILES string of the molecule is COC(=O)[C@@H]1CC(=O)CCN1C(=O)O. The number of hydrogen-bond acceptors (Lipinski definition) is 4. The van der Waals surface area contributed by atoms with E-state index in [0.29, 0.717) is 0 Å². The number of likely N-dealkylation sites (tertiary alicyclic amines) is 1. The molecule has 6 nitrogen and oxygen atoms in total. The summed E-state index contributed by atoms with van der Waals surface area (Å²) in [4.78, 5) is 33.8. The highest BCUT2D eigenvalue weighted by molar-refractivity contribution is 5.90. The second-order valence-electron chi connectivity index (χ2n) is 3.01. The monoisotopic (exact) mass is 201 g/mol. The lowest BCUT2D eigenvalue weighted by atomic mass is 10.0. The number of Topliss-reactive ketones (excluding diaryl/α,β-unsaturated/α-hetero) is 1. The molecule has 0 radical (unpaired) electrons. The van der Waals surface area contributed by atoms with Crippen LogP contribution in [0.15, 0.2) is 0 Å². The quantitative estimate of drug-likeness (QED) is 0.597. The lowest BCUT2D eigenvalue weighted by Gasteiger charge is -2.30. The summed E-state index contributed by atoms with van der Waals surface area (Å²) in [5, 5.41) is 8.75. The molecule has 1 amide bonds. The molecule has 0 spiro atoms. The van der Waals surface area contributed by atoms with Crippen LogP contribution in [-0.2, 0) is 14.3 Å². The predicted molar refractivity (Wildman–Crippen MR) is 44.8 cm³/mol. The van der Waals surface area contributed by atoms with Crippen molar-refractivity contribution in [3.8, 4) is 0 Å². The minimum Gasteiger partial charge on any atom is -0.467 e. The Balaban J connectivity index is 2.78. The number of rotatable bonds is 1. The number of hydrogen-bond donors (Lipinski definition) is 1. The van der Waals surface area contributed by atoms with E-state index in [-0.39, 0.29) is 25.2 Å². The van der Waals surface area contributed by atoms with Gasteiger partial charge in [0.25, 0.3) is 0 Å². The number of nitrogens with zero attached hydrogens (tertiary/aromatic N) is 1. The summed E-state index contributed by atoms with van der Waals surface area (Å²) in [6.45, 7) is 0.0634. The van der Waals surface area contributed by atoms with E-state index in [2.05, 4.69) is 4.74 Å². The first kappa shape index (κ1) is 10.5. The number of methoxy groups -OCH3 is 1. The van der Waals surface area contributed by atoms with Gasteiger partial charge in [-0.1, -0.05) is 0 Å². The summed E-state index contributed by atoms with van der Waals surface area (Å²) in [7, 11) is 1.17. The standard InChI is InChI=1S/C8H11NO5/c1-14-7(11)6-4-5(10)2-3-9(6)8(12)13/h6H,2-4H2,1H3,(H,12,13)/t6-/m0/s1. The topological polar surface area (TPSA) is 83.9 Å². The van der Waals surface area contributed by atoms with Crippen molar-refractivity contribution in [2.45, 2.75) is 18.9 Å². The zero-order valence-electron chi connectivity index (χ0n) is 7.73. The molecule has 14 heavy (non-hydrogen) atoms. The highest BCUT2D eigenvalue weighted by Gasteiger charge is 2.36. The number of carbonyl (C=O) groups excluding carboxylic acids is 2.